The first kappa shape index (κ1) is 17.3. The third-order valence-electron chi connectivity index (χ3n) is 3.66. The molecule has 6 heteroatoms. The highest BCUT2D eigenvalue weighted by Crippen LogP contribution is 2.15. The van der Waals surface area contributed by atoms with E-state index in [4.69, 9.17) is 15.2 Å². The number of ether oxygens (including phenoxy) is 2. The second kappa shape index (κ2) is 8.02. The molecule has 0 bridgehead atoms. The average molecular weight is 350 g/mol. The number of carbonyl (C=O) groups excluding carboxylic acids is 2. The van der Waals surface area contributed by atoms with Crippen molar-refractivity contribution in [3.63, 3.8) is 0 Å². The maximum absolute atomic E-state index is 12.2. The van der Waals surface area contributed by atoms with Gasteiger partial charge in [-0.3, -0.25) is 4.79 Å². The van der Waals surface area contributed by atoms with Gasteiger partial charge in [-0.05, 0) is 54.1 Å². The minimum absolute atomic E-state index is 0.103. The summed E-state index contributed by atoms with van der Waals surface area (Å²) in [6, 6.07) is 18.0. The predicted molar refractivity (Wildman–Crippen MR) is 96.0 cm³/mol. The summed E-state index contributed by atoms with van der Waals surface area (Å²) in [7, 11) is 0. The molecule has 3 aromatic rings. The van der Waals surface area contributed by atoms with Gasteiger partial charge in [-0.15, -0.1) is 0 Å². The summed E-state index contributed by atoms with van der Waals surface area (Å²) in [6.07, 6.45) is 3.86. The van der Waals surface area contributed by atoms with Gasteiger partial charge in [0.1, 0.15) is 12.4 Å². The van der Waals surface area contributed by atoms with Gasteiger partial charge in [0.15, 0.2) is 6.61 Å². The number of hydrogen-bond acceptors (Lipinski definition) is 4. The van der Waals surface area contributed by atoms with Crippen LogP contribution in [0.2, 0.25) is 0 Å². The highest BCUT2D eigenvalue weighted by atomic mass is 16.5. The van der Waals surface area contributed by atoms with Crippen molar-refractivity contribution in [2.24, 2.45) is 5.73 Å². The number of nitrogens with two attached hydrogens (primary N) is 1. The molecule has 1 amide bonds. The molecule has 0 fully saturated rings. The van der Waals surface area contributed by atoms with Crippen LogP contribution < -0.4 is 10.5 Å². The van der Waals surface area contributed by atoms with Gasteiger partial charge in [0.05, 0.1) is 5.56 Å². The van der Waals surface area contributed by atoms with Crippen molar-refractivity contribution in [1.82, 2.24) is 4.57 Å². The van der Waals surface area contributed by atoms with E-state index >= 15 is 0 Å². The molecule has 0 unspecified atom stereocenters. The lowest BCUT2D eigenvalue weighted by atomic mass is 10.2. The summed E-state index contributed by atoms with van der Waals surface area (Å²) < 4.78 is 12.5. The van der Waals surface area contributed by atoms with E-state index in [1.54, 1.807) is 36.4 Å². The third kappa shape index (κ3) is 4.51. The van der Waals surface area contributed by atoms with Gasteiger partial charge in [-0.25, -0.2) is 4.79 Å². The monoisotopic (exact) mass is 350 g/mol. The number of hydrogen-bond donors (Lipinski definition) is 1. The molecule has 2 N–H and O–H groups in total. The summed E-state index contributed by atoms with van der Waals surface area (Å²) in [5.41, 5.74) is 7.24. The molecule has 0 spiro atoms. The molecule has 0 aliphatic rings. The van der Waals surface area contributed by atoms with Crippen LogP contribution in [-0.4, -0.2) is 23.1 Å². The minimum atomic E-state index is -0.551. The van der Waals surface area contributed by atoms with Gasteiger partial charge in [-0.2, -0.15) is 0 Å². The molecule has 1 heterocycles. The fraction of sp³-hybridized carbons (Fsp3) is 0.100. The number of carbonyl (C=O) groups is 2. The highest BCUT2D eigenvalue weighted by Gasteiger charge is 2.08. The Morgan fingerprint density at radius 2 is 1.69 bits per heavy atom. The topological polar surface area (TPSA) is 83.6 Å². The van der Waals surface area contributed by atoms with Crippen LogP contribution in [-0.2, 0) is 16.1 Å². The minimum Gasteiger partial charge on any atom is -0.484 e. The van der Waals surface area contributed by atoms with Crippen LogP contribution in [0.15, 0.2) is 73.1 Å². The normalized spacial score (nSPS) is 10.3. The number of primary amides is 1. The lowest BCUT2D eigenvalue weighted by molar-refractivity contribution is -0.119. The molecule has 26 heavy (non-hydrogen) atoms. The zero-order valence-corrected chi connectivity index (χ0v) is 14.0. The predicted octanol–water partition coefficient (Wildman–Crippen LogP) is 2.70. The van der Waals surface area contributed by atoms with Gasteiger partial charge in [0.2, 0.25) is 0 Å². The lowest BCUT2D eigenvalue weighted by Gasteiger charge is -2.08. The molecular weight excluding hydrogens is 332 g/mol. The Morgan fingerprint density at radius 1 is 0.962 bits per heavy atom. The Morgan fingerprint density at radius 3 is 2.38 bits per heavy atom. The highest BCUT2D eigenvalue weighted by molar-refractivity contribution is 5.89. The van der Waals surface area contributed by atoms with Crippen molar-refractivity contribution >= 4 is 11.9 Å². The molecule has 0 atom stereocenters. The van der Waals surface area contributed by atoms with Crippen molar-refractivity contribution in [1.29, 1.82) is 0 Å². The molecule has 0 radical (unpaired) electrons. The summed E-state index contributed by atoms with van der Waals surface area (Å²) in [6.45, 7) is -0.0943. The van der Waals surface area contributed by atoms with E-state index in [1.807, 2.05) is 41.2 Å². The maximum Gasteiger partial charge on any atom is 0.338 e. The van der Waals surface area contributed by atoms with Gasteiger partial charge in [-0.1, -0.05) is 12.1 Å². The summed E-state index contributed by atoms with van der Waals surface area (Å²) in [5, 5.41) is 0. The van der Waals surface area contributed by atoms with E-state index in [0.717, 1.165) is 11.3 Å². The molecule has 1 aromatic heterocycles. The standard InChI is InChI=1S/C20H18N2O4/c21-19(23)14-25-18-5-3-4-15(12-18)13-26-20(24)16-6-8-17(9-7-16)22-10-1-2-11-22/h1-12H,13-14H2,(H2,21,23). The van der Waals surface area contributed by atoms with Crippen LogP contribution >= 0.6 is 0 Å². The lowest BCUT2D eigenvalue weighted by Crippen LogP contribution is -2.20. The van der Waals surface area contributed by atoms with E-state index in [1.165, 1.54) is 0 Å². The van der Waals surface area contributed by atoms with Crippen LogP contribution in [0.3, 0.4) is 0 Å². The smallest absolute Gasteiger partial charge is 0.338 e. The zero-order chi connectivity index (χ0) is 18.4. The van der Waals surface area contributed by atoms with Crippen LogP contribution in [0, 0.1) is 0 Å². The molecule has 132 valence electrons. The van der Waals surface area contributed by atoms with Gasteiger partial charge < -0.3 is 19.8 Å². The van der Waals surface area contributed by atoms with E-state index in [-0.39, 0.29) is 13.2 Å². The third-order valence-corrected chi connectivity index (χ3v) is 3.66. The molecule has 2 aromatic carbocycles. The molecule has 6 nitrogen and oxygen atoms in total. The van der Waals surface area contributed by atoms with Crippen molar-refractivity contribution in [3.8, 4) is 11.4 Å². The second-order valence-corrected chi connectivity index (χ2v) is 5.62. The number of esters is 1. The molecule has 0 saturated heterocycles. The van der Waals surface area contributed by atoms with E-state index in [2.05, 4.69) is 0 Å². The Hall–Kier alpha value is -3.54. The van der Waals surface area contributed by atoms with Crippen LogP contribution in [0.1, 0.15) is 15.9 Å². The number of aromatic nitrogens is 1. The van der Waals surface area contributed by atoms with Crippen molar-refractivity contribution in [2.75, 3.05) is 6.61 Å². The number of amides is 1. The average Bonchev–Trinajstić information content (AvgIpc) is 3.20. The summed E-state index contributed by atoms with van der Waals surface area (Å²) in [4.78, 5) is 22.9. The van der Waals surface area contributed by atoms with E-state index in [0.29, 0.717) is 11.3 Å². The molecule has 0 aliphatic heterocycles. The molecule has 0 aliphatic carbocycles. The molecular formula is C20H18N2O4. The fourth-order valence-electron chi connectivity index (χ4n) is 2.39. The quantitative estimate of drug-likeness (QED) is 0.664. The second-order valence-electron chi connectivity index (χ2n) is 5.62. The summed E-state index contributed by atoms with van der Waals surface area (Å²) >= 11 is 0. The van der Waals surface area contributed by atoms with Crippen molar-refractivity contribution in [3.05, 3.63) is 84.2 Å². The summed E-state index contributed by atoms with van der Waals surface area (Å²) in [5.74, 6) is -0.467. The van der Waals surface area contributed by atoms with Gasteiger partial charge in [0.25, 0.3) is 5.91 Å². The number of rotatable bonds is 7. The maximum atomic E-state index is 12.2. The number of benzene rings is 2. The van der Waals surface area contributed by atoms with Crippen LogP contribution in [0.25, 0.3) is 5.69 Å². The first-order chi connectivity index (χ1) is 12.6. The molecule has 3 rings (SSSR count). The van der Waals surface area contributed by atoms with Crippen molar-refractivity contribution < 1.29 is 19.1 Å². The zero-order valence-electron chi connectivity index (χ0n) is 14.0. The largest absolute Gasteiger partial charge is 0.484 e. The van der Waals surface area contributed by atoms with Gasteiger partial charge in [0, 0.05) is 18.1 Å². The first-order valence-corrected chi connectivity index (χ1v) is 8.02. The van der Waals surface area contributed by atoms with E-state index in [9.17, 15) is 9.59 Å². The van der Waals surface area contributed by atoms with Crippen LogP contribution in [0.4, 0.5) is 0 Å². The number of nitrogens with zero attached hydrogens (tertiary/aromatic N) is 1. The Labute approximate surface area is 150 Å². The Balaban J connectivity index is 1.58. The van der Waals surface area contributed by atoms with Crippen molar-refractivity contribution in [2.45, 2.75) is 6.61 Å². The fourth-order valence-corrected chi connectivity index (χ4v) is 2.39. The SMILES string of the molecule is NC(=O)COc1cccc(COC(=O)c2ccc(-n3cccc3)cc2)c1. The molecule has 0 saturated carbocycles. The Kier molecular flexibility index (Phi) is 5.34. The first-order valence-electron chi connectivity index (χ1n) is 8.02. The Bertz CT molecular complexity index is 886. The van der Waals surface area contributed by atoms with E-state index < -0.39 is 11.9 Å². The van der Waals surface area contributed by atoms with Crippen LogP contribution in [0.5, 0.6) is 5.75 Å². The van der Waals surface area contributed by atoms with Gasteiger partial charge >= 0.3 is 5.97 Å².